The van der Waals surface area contributed by atoms with E-state index < -0.39 is 11.7 Å². The molecule has 0 aliphatic rings. The monoisotopic (exact) mass is 269 g/mol. The molecule has 0 aliphatic carbocycles. The number of imidazole rings is 1. The molecule has 0 amide bonds. The van der Waals surface area contributed by atoms with Crippen LogP contribution in [0.25, 0.3) is 5.69 Å². The Morgan fingerprint density at radius 3 is 2.63 bits per heavy atom. The molecule has 0 atom stereocenters. The molecule has 2 N–H and O–H groups in total. The van der Waals surface area contributed by atoms with Gasteiger partial charge >= 0.3 is 6.18 Å². The first-order valence-electron chi connectivity index (χ1n) is 5.90. The maximum atomic E-state index is 12.7. The van der Waals surface area contributed by atoms with E-state index in [1.54, 1.807) is 17.0 Å². The van der Waals surface area contributed by atoms with Crippen molar-refractivity contribution in [1.29, 1.82) is 0 Å². The number of aromatic nitrogens is 2. The first kappa shape index (κ1) is 13.6. The van der Waals surface area contributed by atoms with E-state index in [1.807, 2.05) is 6.92 Å². The predicted octanol–water partition coefficient (Wildman–Crippen LogP) is 2.91. The number of hydrogen-bond donors (Lipinski definition) is 1. The van der Waals surface area contributed by atoms with Crippen molar-refractivity contribution in [3.63, 3.8) is 0 Å². The number of halogens is 3. The van der Waals surface area contributed by atoms with Gasteiger partial charge in [-0.1, -0.05) is 6.92 Å². The summed E-state index contributed by atoms with van der Waals surface area (Å²) in [6.07, 6.45) is -0.319. The molecule has 0 spiro atoms. The van der Waals surface area contributed by atoms with Gasteiger partial charge in [-0.05, 0) is 23.8 Å². The van der Waals surface area contributed by atoms with Crippen LogP contribution in [-0.4, -0.2) is 9.55 Å². The molecule has 3 nitrogen and oxygen atoms in total. The number of nitrogens with two attached hydrogens (primary N) is 1. The zero-order chi connectivity index (χ0) is 14.0. The Balaban J connectivity index is 2.53. The second-order valence-corrected chi connectivity index (χ2v) is 4.11. The summed E-state index contributed by atoms with van der Waals surface area (Å²) in [6.45, 7) is 1.98. The fourth-order valence-electron chi connectivity index (χ4n) is 1.98. The topological polar surface area (TPSA) is 43.8 Å². The third-order valence-corrected chi connectivity index (χ3v) is 2.92. The van der Waals surface area contributed by atoms with E-state index in [4.69, 9.17) is 5.73 Å². The fourth-order valence-corrected chi connectivity index (χ4v) is 1.98. The molecule has 2 rings (SSSR count). The summed E-state index contributed by atoms with van der Waals surface area (Å²) in [5.74, 6) is 0.787. The van der Waals surface area contributed by atoms with Gasteiger partial charge in [-0.25, -0.2) is 4.98 Å². The third-order valence-electron chi connectivity index (χ3n) is 2.92. The Morgan fingerprint density at radius 2 is 2.05 bits per heavy atom. The van der Waals surface area contributed by atoms with Gasteiger partial charge in [0, 0.05) is 25.4 Å². The molecule has 0 saturated heterocycles. The highest BCUT2D eigenvalue weighted by Gasteiger charge is 2.31. The van der Waals surface area contributed by atoms with Crippen molar-refractivity contribution in [3.05, 3.63) is 47.5 Å². The number of rotatable bonds is 3. The van der Waals surface area contributed by atoms with E-state index in [-0.39, 0.29) is 6.54 Å². The molecule has 0 radical (unpaired) electrons. The van der Waals surface area contributed by atoms with Crippen molar-refractivity contribution in [3.8, 4) is 5.69 Å². The zero-order valence-electron chi connectivity index (χ0n) is 10.4. The van der Waals surface area contributed by atoms with Crippen molar-refractivity contribution in [1.82, 2.24) is 9.55 Å². The minimum atomic E-state index is -4.36. The van der Waals surface area contributed by atoms with Gasteiger partial charge in [0.1, 0.15) is 5.82 Å². The van der Waals surface area contributed by atoms with Gasteiger partial charge in [0.15, 0.2) is 0 Å². The van der Waals surface area contributed by atoms with Crippen LogP contribution in [0.1, 0.15) is 23.9 Å². The van der Waals surface area contributed by atoms with Crippen molar-refractivity contribution < 1.29 is 13.2 Å². The summed E-state index contributed by atoms with van der Waals surface area (Å²) in [5.41, 5.74) is 5.96. The van der Waals surface area contributed by atoms with Crippen LogP contribution in [-0.2, 0) is 19.1 Å². The Kier molecular flexibility index (Phi) is 3.61. The van der Waals surface area contributed by atoms with Gasteiger partial charge in [0.25, 0.3) is 0 Å². The maximum absolute atomic E-state index is 12.7. The molecular weight excluding hydrogens is 255 g/mol. The second kappa shape index (κ2) is 5.05. The minimum absolute atomic E-state index is 0.0422. The second-order valence-electron chi connectivity index (χ2n) is 4.11. The standard InChI is InChI=1S/C13H14F3N3/c1-2-12-18-5-6-19(12)11-4-3-10(13(14,15)16)7-9(11)8-17/h3-7H,2,8,17H2,1H3. The SMILES string of the molecule is CCc1nccn1-c1ccc(C(F)(F)F)cc1CN. The van der Waals surface area contributed by atoms with Gasteiger partial charge in [-0.2, -0.15) is 13.2 Å². The summed E-state index contributed by atoms with van der Waals surface area (Å²) < 4.78 is 39.8. The summed E-state index contributed by atoms with van der Waals surface area (Å²) in [7, 11) is 0. The van der Waals surface area contributed by atoms with Crippen molar-refractivity contribution >= 4 is 0 Å². The van der Waals surface area contributed by atoms with Crippen molar-refractivity contribution in [2.24, 2.45) is 5.73 Å². The van der Waals surface area contributed by atoms with E-state index in [1.165, 1.54) is 6.07 Å². The summed E-state index contributed by atoms with van der Waals surface area (Å²) in [5, 5.41) is 0. The fraction of sp³-hybridized carbons (Fsp3) is 0.308. The highest BCUT2D eigenvalue weighted by molar-refractivity contribution is 5.45. The Morgan fingerprint density at radius 1 is 1.32 bits per heavy atom. The molecule has 0 unspecified atom stereocenters. The lowest BCUT2D eigenvalue weighted by Gasteiger charge is -2.14. The van der Waals surface area contributed by atoms with E-state index in [9.17, 15) is 13.2 Å². The Bertz CT molecular complexity index is 573. The highest BCUT2D eigenvalue weighted by Crippen LogP contribution is 2.31. The first-order valence-corrected chi connectivity index (χ1v) is 5.90. The van der Waals surface area contributed by atoms with Crippen LogP contribution >= 0.6 is 0 Å². The van der Waals surface area contributed by atoms with E-state index in [2.05, 4.69) is 4.98 Å². The summed E-state index contributed by atoms with van der Waals surface area (Å²) in [4.78, 5) is 4.16. The molecule has 102 valence electrons. The quantitative estimate of drug-likeness (QED) is 0.931. The van der Waals surface area contributed by atoms with Crippen LogP contribution in [0.2, 0.25) is 0 Å². The van der Waals surface area contributed by atoms with Crippen LogP contribution in [0.5, 0.6) is 0 Å². The molecule has 6 heteroatoms. The van der Waals surface area contributed by atoms with Gasteiger partial charge in [-0.3, -0.25) is 0 Å². The van der Waals surface area contributed by atoms with E-state index in [0.29, 0.717) is 17.7 Å². The average molecular weight is 269 g/mol. The van der Waals surface area contributed by atoms with Gasteiger partial charge in [0.05, 0.1) is 11.3 Å². The lowest BCUT2D eigenvalue weighted by atomic mass is 10.1. The van der Waals surface area contributed by atoms with Crippen LogP contribution in [0.4, 0.5) is 13.2 Å². The first-order chi connectivity index (χ1) is 8.97. The lowest BCUT2D eigenvalue weighted by Crippen LogP contribution is -2.11. The molecule has 1 heterocycles. The Hall–Kier alpha value is -1.82. The smallest absolute Gasteiger partial charge is 0.326 e. The molecule has 0 saturated carbocycles. The summed E-state index contributed by atoms with van der Waals surface area (Å²) in [6, 6.07) is 3.59. The average Bonchev–Trinajstić information content (AvgIpc) is 2.84. The van der Waals surface area contributed by atoms with Gasteiger partial charge < -0.3 is 10.3 Å². The van der Waals surface area contributed by atoms with Gasteiger partial charge in [0.2, 0.25) is 0 Å². The van der Waals surface area contributed by atoms with Gasteiger partial charge in [-0.15, -0.1) is 0 Å². The Labute approximate surface area is 108 Å². The van der Waals surface area contributed by atoms with Crippen molar-refractivity contribution in [2.45, 2.75) is 26.1 Å². The molecule has 0 aliphatic heterocycles. The molecule has 19 heavy (non-hydrogen) atoms. The van der Waals surface area contributed by atoms with Crippen LogP contribution in [0, 0.1) is 0 Å². The normalized spacial score (nSPS) is 11.8. The van der Waals surface area contributed by atoms with E-state index >= 15 is 0 Å². The zero-order valence-corrected chi connectivity index (χ0v) is 10.4. The molecule has 2 aromatic rings. The molecule has 0 bridgehead atoms. The third kappa shape index (κ3) is 2.63. The number of aryl methyl sites for hydroxylation is 1. The van der Waals surface area contributed by atoms with Crippen LogP contribution < -0.4 is 5.73 Å². The predicted molar refractivity (Wildman–Crippen MR) is 65.8 cm³/mol. The lowest BCUT2D eigenvalue weighted by molar-refractivity contribution is -0.137. The number of hydrogen-bond acceptors (Lipinski definition) is 2. The maximum Gasteiger partial charge on any atom is 0.416 e. The van der Waals surface area contributed by atoms with E-state index in [0.717, 1.165) is 18.0 Å². The largest absolute Gasteiger partial charge is 0.416 e. The number of nitrogens with zero attached hydrogens (tertiary/aromatic N) is 2. The molecule has 0 fully saturated rings. The van der Waals surface area contributed by atoms with Crippen molar-refractivity contribution in [2.75, 3.05) is 0 Å². The number of benzene rings is 1. The van der Waals surface area contributed by atoms with Crippen LogP contribution in [0.15, 0.2) is 30.6 Å². The highest BCUT2D eigenvalue weighted by atomic mass is 19.4. The number of alkyl halides is 3. The molecule has 1 aromatic heterocycles. The molecule has 1 aromatic carbocycles. The van der Waals surface area contributed by atoms with Crippen LogP contribution in [0.3, 0.4) is 0 Å². The molecular formula is C13H14F3N3. The summed E-state index contributed by atoms with van der Waals surface area (Å²) >= 11 is 0. The minimum Gasteiger partial charge on any atom is -0.326 e.